The molecule has 0 spiro atoms. The van der Waals surface area contributed by atoms with Crippen LogP contribution in [0, 0.1) is 5.41 Å². The maximum absolute atomic E-state index is 11.4. The maximum atomic E-state index is 11.4. The Morgan fingerprint density at radius 3 is 2.24 bits per heavy atom. The van der Waals surface area contributed by atoms with E-state index in [4.69, 9.17) is 0 Å². The normalized spacial score (nSPS) is 13.0. The van der Waals surface area contributed by atoms with Crippen LogP contribution in [0.3, 0.4) is 0 Å². The van der Waals surface area contributed by atoms with Crippen molar-refractivity contribution in [2.24, 2.45) is 10.4 Å². The van der Waals surface area contributed by atoms with Crippen LogP contribution in [0.5, 0.6) is 0 Å². The van der Waals surface area contributed by atoms with Gasteiger partial charge < -0.3 is 10.2 Å². The number of hydrogen-bond acceptors (Lipinski definition) is 3. The van der Waals surface area contributed by atoms with Crippen molar-refractivity contribution in [1.82, 2.24) is 10.2 Å². The van der Waals surface area contributed by atoms with Crippen LogP contribution in [0.2, 0.25) is 0 Å². The van der Waals surface area contributed by atoms with E-state index in [1.807, 2.05) is 7.05 Å². The Balaban J connectivity index is 2.59. The van der Waals surface area contributed by atoms with Crippen molar-refractivity contribution in [3.63, 3.8) is 0 Å². The standard InChI is InChI=1S/C19H33N3O2S/c1-7-16-8-10-17(11-9-16)14-22(5)18(20-4)21-15-19(2,3)12-13-25(6,23)24/h8-11H,7,12-15H2,1-6H3,(H,20,21). The predicted octanol–water partition coefficient (Wildman–Crippen LogP) is 2.72. The van der Waals surface area contributed by atoms with Gasteiger partial charge in [0.05, 0.1) is 5.75 Å². The zero-order chi connectivity index (χ0) is 19.1. The first-order valence-electron chi connectivity index (χ1n) is 8.73. The molecular formula is C19H33N3O2S. The molecule has 1 aromatic rings. The highest BCUT2D eigenvalue weighted by atomic mass is 32.2. The minimum absolute atomic E-state index is 0.122. The Labute approximate surface area is 153 Å². The second-order valence-corrected chi connectivity index (χ2v) is 9.73. The lowest BCUT2D eigenvalue weighted by molar-refractivity contribution is 0.340. The summed E-state index contributed by atoms with van der Waals surface area (Å²) < 4.78 is 22.8. The number of sulfone groups is 1. The Morgan fingerprint density at radius 2 is 1.76 bits per heavy atom. The third-order valence-electron chi connectivity index (χ3n) is 4.30. The molecule has 5 nitrogen and oxygen atoms in total. The van der Waals surface area contributed by atoms with E-state index in [1.54, 1.807) is 7.05 Å². The summed E-state index contributed by atoms with van der Waals surface area (Å²) in [6, 6.07) is 8.62. The number of nitrogens with zero attached hydrogens (tertiary/aromatic N) is 2. The van der Waals surface area contributed by atoms with E-state index in [1.165, 1.54) is 17.4 Å². The average Bonchev–Trinajstić information content (AvgIpc) is 2.54. The van der Waals surface area contributed by atoms with Gasteiger partial charge in [-0.05, 0) is 29.4 Å². The van der Waals surface area contributed by atoms with E-state index in [9.17, 15) is 8.42 Å². The maximum Gasteiger partial charge on any atom is 0.193 e. The Morgan fingerprint density at radius 1 is 1.20 bits per heavy atom. The molecule has 1 rings (SSSR count). The fraction of sp³-hybridized carbons (Fsp3) is 0.632. The van der Waals surface area contributed by atoms with Gasteiger partial charge in [-0.3, -0.25) is 4.99 Å². The van der Waals surface area contributed by atoms with Gasteiger partial charge in [0.1, 0.15) is 9.84 Å². The highest BCUT2D eigenvalue weighted by molar-refractivity contribution is 7.90. The second kappa shape index (κ2) is 9.22. The van der Waals surface area contributed by atoms with Crippen molar-refractivity contribution in [2.45, 2.75) is 40.2 Å². The van der Waals surface area contributed by atoms with E-state index >= 15 is 0 Å². The Hall–Kier alpha value is -1.56. The van der Waals surface area contributed by atoms with Crippen LogP contribution in [-0.2, 0) is 22.8 Å². The molecule has 0 heterocycles. The molecule has 0 saturated heterocycles. The summed E-state index contributed by atoms with van der Waals surface area (Å²) in [7, 11) is 0.840. The summed E-state index contributed by atoms with van der Waals surface area (Å²) in [5.74, 6) is 1.02. The summed E-state index contributed by atoms with van der Waals surface area (Å²) in [6.45, 7) is 7.74. The zero-order valence-corrected chi connectivity index (χ0v) is 17.3. The van der Waals surface area contributed by atoms with E-state index < -0.39 is 9.84 Å². The van der Waals surface area contributed by atoms with Crippen LogP contribution in [-0.4, -0.2) is 51.9 Å². The fourth-order valence-corrected chi connectivity index (χ4v) is 3.41. The van der Waals surface area contributed by atoms with E-state index in [0.717, 1.165) is 18.9 Å². The van der Waals surface area contributed by atoms with Crippen LogP contribution in [0.15, 0.2) is 29.3 Å². The highest BCUT2D eigenvalue weighted by Gasteiger charge is 2.21. The van der Waals surface area contributed by atoms with Gasteiger partial charge in [-0.15, -0.1) is 0 Å². The van der Waals surface area contributed by atoms with Crippen LogP contribution in [0.4, 0.5) is 0 Å². The van der Waals surface area contributed by atoms with Crippen molar-refractivity contribution in [2.75, 3.05) is 32.6 Å². The van der Waals surface area contributed by atoms with E-state index in [-0.39, 0.29) is 11.2 Å². The fourth-order valence-electron chi connectivity index (χ4n) is 2.48. The van der Waals surface area contributed by atoms with Crippen LogP contribution in [0.1, 0.15) is 38.3 Å². The number of nitrogens with one attached hydrogen (secondary N) is 1. The molecule has 0 unspecified atom stereocenters. The molecule has 142 valence electrons. The molecule has 0 aliphatic heterocycles. The lowest BCUT2D eigenvalue weighted by Gasteiger charge is -2.28. The summed E-state index contributed by atoms with van der Waals surface area (Å²) in [5.41, 5.74) is 2.45. The SMILES string of the molecule is CCc1ccc(CN(C)C(=NC)NCC(C)(C)CCS(C)(=O)=O)cc1. The molecular weight excluding hydrogens is 334 g/mol. The van der Waals surface area contributed by atoms with Crippen LogP contribution >= 0.6 is 0 Å². The van der Waals surface area contributed by atoms with Gasteiger partial charge >= 0.3 is 0 Å². The van der Waals surface area contributed by atoms with Gasteiger partial charge in [0, 0.05) is 33.4 Å². The molecule has 1 aromatic carbocycles. The number of benzene rings is 1. The van der Waals surface area contributed by atoms with Gasteiger partial charge in [-0.25, -0.2) is 8.42 Å². The Kier molecular flexibility index (Phi) is 7.93. The van der Waals surface area contributed by atoms with E-state index in [0.29, 0.717) is 13.0 Å². The first-order chi connectivity index (χ1) is 11.6. The number of guanidine groups is 1. The molecule has 0 aliphatic carbocycles. The second-order valence-electron chi connectivity index (χ2n) is 7.47. The van der Waals surface area contributed by atoms with Gasteiger partial charge in [-0.2, -0.15) is 0 Å². The quantitative estimate of drug-likeness (QED) is 0.567. The van der Waals surface area contributed by atoms with Crippen molar-refractivity contribution >= 4 is 15.8 Å². The monoisotopic (exact) mass is 367 g/mol. The van der Waals surface area contributed by atoms with Crippen LogP contribution < -0.4 is 5.32 Å². The minimum Gasteiger partial charge on any atom is -0.356 e. The zero-order valence-electron chi connectivity index (χ0n) is 16.5. The summed E-state index contributed by atoms with van der Waals surface area (Å²) in [6.07, 6.45) is 2.95. The Bertz CT molecular complexity index is 664. The number of aliphatic imine (C=N–C) groups is 1. The molecule has 0 aromatic heterocycles. The molecule has 25 heavy (non-hydrogen) atoms. The molecule has 0 radical (unpaired) electrons. The third-order valence-corrected chi connectivity index (χ3v) is 5.24. The molecule has 0 aliphatic rings. The first kappa shape index (κ1) is 21.5. The van der Waals surface area contributed by atoms with Crippen molar-refractivity contribution in [3.8, 4) is 0 Å². The van der Waals surface area contributed by atoms with Gasteiger partial charge in [0.15, 0.2) is 5.96 Å². The van der Waals surface area contributed by atoms with Crippen molar-refractivity contribution in [3.05, 3.63) is 35.4 Å². The predicted molar refractivity (Wildman–Crippen MR) is 107 cm³/mol. The molecule has 6 heteroatoms. The molecule has 0 atom stereocenters. The van der Waals surface area contributed by atoms with Gasteiger partial charge in [0.25, 0.3) is 0 Å². The molecule has 0 bridgehead atoms. The number of rotatable bonds is 8. The molecule has 0 saturated carbocycles. The lowest BCUT2D eigenvalue weighted by atomic mass is 9.90. The van der Waals surface area contributed by atoms with Gasteiger partial charge in [0.2, 0.25) is 0 Å². The topological polar surface area (TPSA) is 61.8 Å². The highest BCUT2D eigenvalue weighted by Crippen LogP contribution is 2.20. The van der Waals surface area contributed by atoms with E-state index in [2.05, 4.69) is 60.2 Å². The molecule has 0 amide bonds. The average molecular weight is 368 g/mol. The lowest BCUT2D eigenvalue weighted by Crippen LogP contribution is -2.43. The third kappa shape index (κ3) is 8.38. The first-order valence-corrected chi connectivity index (χ1v) is 10.8. The number of hydrogen-bond donors (Lipinski definition) is 1. The molecule has 0 fully saturated rings. The summed E-state index contributed by atoms with van der Waals surface area (Å²) >= 11 is 0. The summed E-state index contributed by atoms with van der Waals surface area (Å²) in [5, 5.41) is 3.37. The van der Waals surface area contributed by atoms with Gasteiger partial charge in [-0.1, -0.05) is 45.0 Å². The smallest absolute Gasteiger partial charge is 0.193 e. The van der Waals surface area contributed by atoms with Crippen LogP contribution in [0.25, 0.3) is 0 Å². The van der Waals surface area contributed by atoms with Crippen molar-refractivity contribution in [1.29, 1.82) is 0 Å². The van der Waals surface area contributed by atoms with Crippen molar-refractivity contribution < 1.29 is 8.42 Å². The summed E-state index contributed by atoms with van der Waals surface area (Å²) in [4.78, 5) is 6.42. The number of aryl methyl sites for hydroxylation is 1. The largest absolute Gasteiger partial charge is 0.356 e. The minimum atomic E-state index is -2.93. The molecule has 1 N–H and O–H groups in total.